The minimum absolute atomic E-state index is 0.0163. The van der Waals surface area contributed by atoms with E-state index in [1.165, 1.54) is 0 Å². The van der Waals surface area contributed by atoms with E-state index in [0.29, 0.717) is 40.2 Å². The molecule has 0 aliphatic carbocycles. The average molecular weight is 562 g/mol. The highest BCUT2D eigenvalue weighted by atomic mass is 35.5. The fraction of sp³-hybridized carbons (Fsp3) is 0.258. The maximum atomic E-state index is 14.1. The van der Waals surface area contributed by atoms with Crippen molar-refractivity contribution < 1.29 is 13.2 Å². The first kappa shape index (κ1) is 27.2. The second-order valence-corrected chi connectivity index (χ2v) is 11.8. The van der Waals surface area contributed by atoms with E-state index in [0.717, 1.165) is 43.3 Å². The van der Waals surface area contributed by atoms with Crippen LogP contribution in [0.2, 0.25) is 5.02 Å². The third kappa shape index (κ3) is 5.96. The van der Waals surface area contributed by atoms with E-state index >= 15 is 0 Å². The van der Waals surface area contributed by atoms with Gasteiger partial charge in [0, 0.05) is 15.8 Å². The van der Waals surface area contributed by atoms with Gasteiger partial charge in [0.2, 0.25) is 9.84 Å². The molecular weight excluding hydrogens is 530 g/mol. The quantitative estimate of drug-likeness (QED) is 0.168. The van der Waals surface area contributed by atoms with E-state index in [1.54, 1.807) is 22.9 Å². The molecule has 202 valence electrons. The highest BCUT2D eigenvalue weighted by molar-refractivity contribution is 7.91. The van der Waals surface area contributed by atoms with E-state index in [2.05, 4.69) is 12.2 Å². The van der Waals surface area contributed by atoms with Crippen molar-refractivity contribution in [2.45, 2.75) is 42.7 Å². The van der Waals surface area contributed by atoms with Crippen LogP contribution >= 0.6 is 11.6 Å². The number of nitrogens with one attached hydrogen (secondary N) is 1. The zero-order chi connectivity index (χ0) is 27.2. The Bertz CT molecular complexity index is 1690. The Morgan fingerprint density at radius 3 is 2.49 bits per heavy atom. The summed E-state index contributed by atoms with van der Waals surface area (Å²) >= 11 is 6.25. The monoisotopic (exact) mass is 561 g/mol. The van der Waals surface area contributed by atoms with Gasteiger partial charge in [0.15, 0.2) is 5.03 Å². The summed E-state index contributed by atoms with van der Waals surface area (Å²) in [5.41, 5.74) is 1.56. The minimum atomic E-state index is -3.95. The number of benzene rings is 4. The molecule has 1 heterocycles. The van der Waals surface area contributed by atoms with Crippen molar-refractivity contribution >= 4 is 43.1 Å². The molecule has 1 N–H and O–H groups in total. The lowest BCUT2D eigenvalue weighted by Gasteiger charge is -2.11. The van der Waals surface area contributed by atoms with Crippen molar-refractivity contribution in [2.24, 2.45) is 0 Å². The Labute approximate surface area is 234 Å². The Kier molecular flexibility index (Phi) is 8.50. The van der Waals surface area contributed by atoms with Crippen LogP contribution in [-0.2, 0) is 16.4 Å². The molecule has 39 heavy (non-hydrogen) atoms. The number of para-hydroxylation sites is 1. The molecule has 6 nitrogen and oxygen atoms in total. The predicted octanol–water partition coefficient (Wildman–Crippen LogP) is 6.88. The van der Waals surface area contributed by atoms with E-state index in [1.807, 2.05) is 66.7 Å². The maximum Gasteiger partial charge on any atom is 0.226 e. The number of rotatable bonds is 12. The van der Waals surface area contributed by atoms with Gasteiger partial charge >= 0.3 is 0 Å². The van der Waals surface area contributed by atoms with Crippen LogP contribution in [0.15, 0.2) is 94.9 Å². The fourth-order valence-corrected chi connectivity index (χ4v) is 6.57. The summed E-state index contributed by atoms with van der Waals surface area (Å²) in [5, 5.41) is 10.8. The van der Waals surface area contributed by atoms with Gasteiger partial charge in [-0.1, -0.05) is 79.5 Å². The molecule has 0 bridgehead atoms. The third-order valence-corrected chi connectivity index (χ3v) is 8.66. The van der Waals surface area contributed by atoms with E-state index in [9.17, 15) is 8.42 Å². The van der Waals surface area contributed by atoms with E-state index in [-0.39, 0.29) is 9.92 Å². The van der Waals surface area contributed by atoms with Gasteiger partial charge in [-0.2, -0.15) is 5.10 Å². The minimum Gasteiger partial charge on any atom is -0.491 e. The molecule has 8 heteroatoms. The van der Waals surface area contributed by atoms with Crippen molar-refractivity contribution in [3.05, 3.63) is 95.5 Å². The van der Waals surface area contributed by atoms with E-state index < -0.39 is 9.84 Å². The SMILES string of the molecule is CCCCNCCCOc1cccc2c(S(=O)(=O)c3cccc4ccccc34)nn(Cc3cccc(Cl)c3)c12. The molecule has 0 amide bonds. The van der Waals surface area contributed by atoms with Crippen molar-refractivity contribution in [1.82, 2.24) is 15.1 Å². The van der Waals surface area contributed by atoms with Crippen LogP contribution in [0.5, 0.6) is 5.75 Å². The molecule has 0 aliphatic rings. The molecule has 1 aromatic heterocycles. The van der Waals surface area contributed by atoms with E-state index in [4.69, 9.17) is 21.4 Å². The van der Waals surface area contributed by atoms with Gasteiger partial charge in [-0.25, -0.2) is 8.42 Å². The molecule has 5 rings (SSSR count). The lowest BCUT2D eigenvalue weighted by atomic mass is 10.1. The molecule has 0 radical (unpaired) electrons. The molecule has 0 saturated carbocycles. The first-order chi connectivity index (χ1) is 19.0. The standard InChI is InChI=1S/C31H32ClN3O3S/c1-2-3-18-33-19-9-20-38-28-16-8-15-27-30(28)35(22-23-10-6-13-25(32)21-23)34-31(27)39(36,37)29-17-7-12-24-11-4-5-14-26(24)29/h4-8,10-17,21,33H,2-3,9,18-20,22H2,1H3. The van der Waals surface area contributed by atoms with Crippen LogP contribution in [0.25, 0.3) is 21.7 Å². The largest absolute Gasteiger partial charge is 0.491 e. The number of halogens is 1. The van der Waals surface area contributed by atoms with Gasteiger partial charge in [0.05, 0.1) is 18.0 Å². The van der Waals surface area contributed by atoms with Crippen LogP contribution in [0.1, 0.15) is 31.7 Å². The Hall–Kier alpha value is -3.39. The van der Waals surface area contributed by atoms with Gasteiger partial charge in [-0.15, -0.1) is 0 Å². The van der Waals surface area contributed by atoms with Crippen molar-refractivity contribution in [3.8, 4) is 5.75 Å². The summed E-state index contributed by atoms with van der Waals surface area (Å²) < 4.78 is 36.2. The van der Waals surface area contributed by atoms with Gasteiger partial charge in [0.25, 0.3) is 0 Å². The number of nitrogens with zero attached hydrogens (tertiary/aromatic N) is 2. The maximum absolute atomic E-state index is 14.1. The van der Waals surface area contributed by atoms with Crippen LogP contribution in [0.3, 0.4) is 0 Å². The number of ether oxygens (including phenoxy) is 1. The first-order valence-corrected chi connectivity index (χ1v) is 15.2. The topological polar surface area (TPSA) is 73.2 Å². The first-order valence-electron chi connectivity index (χ1n) is 13.3. The molecule has 4 aromatic carbocycles. The molecule has 0 saturated heterocycles. The van der Waals surface area contributed by atoms with Gasteiger partial charge in [0.1, 0.15) is 11.3 Å². The molecule has 0 fully saturated rings. The van der Waals surface area contributed by atoms with Gasteiger partial charge < -0.3 is 10.1 Å². The molecule has 0 atom stereocenters. The van der Waals surface area contributed by atoms with Crippen molar-refractivity contribution in [3.63, 3.8) is 0 Å². The average Bonchev–Trinajstić information content (AvgIpc) is 3.32. The molecule has 0 spiro atoms. The second-order valence-electron chi connectivity index (χ2n) is 9.53. The van der Waals surface area contributed by atoms with Gasteiger partial charge in [-0.3, -0.25) is 4.68 Å². The number of hydrogen-bond acceptors (Lipinski definition) is 5. The predicted molar refractivity (Wildman–Crippen MR) is 158 cm³/mol. The second kappa shape index (κ2) is 12.2. The Morgan fingerprint density at radius 1 is 0.897 bits per heavy atom. The summed E-state index contributed by atoms with van der Waals surface area (Å²) in [4.78, 5) is 0.236. The summed E-state index contributed by atoms with van der Waals surface area (Å²) in [6, 6.07) is 25.8. The number of hydrogen-bond donors (Lipinski definition) is 1. The number of aromatic nitrogens is 2. The summed E-state index contributed by atoms with van der Waals surface area (Å²) in [7, 11) is -3.95. The summed E-state index contributed by atoms with van der Waals surface area (Å²) in [5.74, 6) is 0.606. The lowest BCUT2D eigenvalue weighted by Crippen LogP contribution is -2.18. The molecular formula is C31H32ClN3O3S. The van der Waals surface area contributed by atoms with Crippen molar-refractivity contribution in [2.75, 3.05) is 19.7 Å². The van der Waals surface area contributed by atoms with Crippen LogP contribution in [0, 0.1) is 0 Å². The summed E-state index contributed by atoms with van der Waals surface area (Å²) in [6.45, 7) is 4.88. The zero-order valence-corrected chi connectivity index (χ0v) is 23.5. The molecule has 0 unspecified atom stereocenters. The summed E-state index contributed by atoms with van der Waals surface area (Å²) in [6.07, 6.45) is 3.15. The smallest absolute Gasteiger partial charge is 0.226 e. The Morgan fingerprint density at radius 2 is 1.64 bits per heavy atom. The lowest BCUT2D eigenvalue weighted by molar-refractivity contribution is 0.310. The zero-order valence-electron chi connectivity index (χ0n) is 21.9. The van der Waals surface area contributed by atoms with Crippen LogP contribution in [0.4, 0.5) is 0 Å². The molecule has 0 aliphatic heterocycles. The number of sulfone groups is 1. The van der Waals surface area contributed by atoms with Crippen molar-refractivity contribution in [1.29, 1.82) is 0 Å². The highest BCUT2D eigenvalue weighted by Crippen LogP contribution is 2.35. The van der Waals surface area contributed by atoms with Crippen LogP contribution < -0.4 is 10.1 Å². The van der Waals surface area contributed by atoms with Gasteiger partial charge in [-0.05, 0) is 67.2 Å². The highest BCUT2D eigenvalue weighted by Gasteiger charge is 2.28. The number of unbranched alkanes of at least 4 members (excludes halogenated alkanes) is 1. The third-order valence-electron chi connectivity index (χ3n) is 6.68. The normalized spacial score (nSPS) is 11.8. The number of fused-ring (bicyclic) bond motifs is 2. The fourth-order valence-electron chi connectivity index (χ4n) is 4.75. The Balaban J connectivity index is 1.56. The molecule has 5 aromatic rings. The van der Waals surface area contributed by atoms with Crippen LogP contribution in [-0.4, -0.2) is 37.9 Å².